The number of methoxy groups -OCH3 is 1. The van der Waals surface area contributed by atoms with E-state index in [1.807, 2.05) is 0 Å². The zero-order valence-corrected chi connectivity index (χ0v) is 12.1. The van der Waals surface area contributed by atoms with Gasteiger partial charge in [0, 0.05) is 5.56 Å². The summed E-state index contributed by atoms with van der Waals surface area (Å²) in [7, 11) is 1.69. The smallest absolute Gasteiger partial charge is 0.190 e. The summed E-state index contributed by atoms with van der Waals surface area (Å²) < 4.78 is 102. The number of hydrogen-bond donors (Lipinski definition) is 0. The average molecular weight is 336 g/mol. The molecule has 2 aromatic rings. The van der Waals surface area contributed by atoms with Crippen LogP contribution in [0.15, 0.2) is 0 Å². The highest BCUT2D eigenvalue weighted by atomic mass is 19.2. The molecule has 0 aliphatic carbocycles. The summed E-state index contributed by atoms with van der Waals surface area (Å²) in [5.74, 6) is -13.7. The zero-order chi connectivity index (χ0) is 17.6. The molecule has 0 amide bonds. The Labute approximate surface area is 127 Å². The van der Waals surface area contributed by atoms with Gasteiger partial charge in [0.15, 0.2) is 40.7 Å². The summed E-state index contributed by atoms with van der Waals surface area (Å²) in [4.78, 5) is 0. The molecule has 0 aromatic heterocycles. The van der Waals surface area contributed by atoms with Gasteiger partial charge in [0.2, 0.25) is 0 Å². The van der Waals surface area contributed by atoms with Gasteiger partial charge in [0.25, 0.3) is 0 Å². The van der Waals surface area contributed by atoms with Gasteiger partial charge in [-0.2, -0.15) is 0 Å². The van der Waals surface area contributed by atoms with Gasteiger partial charge < -0.3 is 4.74 Å². The molecule has 0 bridgehead atoms. The van der Waals surface area contributed by atoms with E-state index in [1.54, 1.807) is 0 Å². The van der Waals surface area contributed by atoms with Crippen molar-refractivity contribution in [2.45, 2.75) is 6.92 Å². The van der Waals surface area contributed by atoms with Crippen LogP contribution in [0.3, 0.4) is 0 Å². The van der Waals surface area contributed by atoms with Gasteiger partial charge >= 0.3 is 0 Å². The van der Waals surface area contributed by atoms with Crippen molar-refractivity contribution in [2.75, 3.05) is 7.11 Å². The van der Waals surface area contributed by atoms with Crippen molar-refractivity contribution in [3.63, 3.8) is 0 Å². The second-order valence-corrected chi connectivity index (χ2v) is 4.73. The first-order valence-electron chi connectivity index (χ1n) is 6.19. The minimum atomic E-state index is -1.99. The van der Waals surface area contributed by atoms with Crippen LogP contribution in [-0.4, -0.2) is 15.0 Å². The second kappa shape index (κ2) is 5.79. The molecule has 0 fully saturated rings. The first kappa shape index (κ1) is 17.2. The Hall–Kier alpha value is -2.19. The Bertz CT molecular complexity index is 791. The Morgan fingerprint density at radius 1 is 0.652 bits per heavy atom. The lowest BCUT2D eigenvalue weighted by atomic mass is 9.88. The van der Waals surface area contributed by atoms with E-state index in [0.717, 1.165) is 21.9 Å². The lowest BCUT2D eigenvalue weighted by molar-refractivity contribution is 0.359. The molecular formula is C14H8BF7O. The summed E-state index contributed by atoms with van der Waals surface area (Å²) in [5.41, 5.74) is -4.87. The van der Waals surface area contributed by atoms with Crippen molar-refractivity contribution in [1.29, 1.82) is 0 Å². The van der Waals surface area contributed by atoms with Crippen LogP contribution < -0.4 is 10.2 Å². The third kappa shape index (κ3) is 2.34. The molecule has 0 N–H and O–H groups in total. The monoisotopic (exact) mass is 336 g/mol. The first-order chi connectivity index (χ1) is 10.6. The average Bonchev–Trinajstić information content (AvgIpc) is 2.52. The van der Waals surface area contributed by atoms with Crippen LogP contribution in [-0.2, 0) is 0 Å². The molecule has 0 spiro atoms. The predicted octanol–water partition coefficient (Wildman–Crippen LogP) is 2.90. The van der Waals surface area contributed by atoms with Crippen LogP contribution in [0, 0.1) is 47.6 Å². The van der Waals surface area contributed by atoms with Crippen molar-refractivity contribution in [3.8, 4) is 16.9 Å². The van der Waals surface area contributed by atoms with E-state index in [2.05, 4.69) is 4.74 Å². The fraction of sp³-hybridized carbons (Fsp3) is 0.143. The number of hydrogen-bond acceptors (Lipinski definition) is 1. The van der Waals surface area contributed by atoms with Gasteiger partial charge in [0.05, 0.1) is 18.2 Å². The van der Waals surface area contributed by atoms with E-state index in [9.17, 15) is 30.7 Å². The van der Waals surface area contributed by atoms with E-state index < -0.39 is 68.6 Å². The lowest BCUT2D eigenvalue weighted by Gasteiger charge is -2.15. The highest BCUT2D eigenvalue weighted by Gasteiger charge is 2.32. The van der Waals surface area contributed by atoms with E-state index >= 15 is 0 Å². The lowest BCUT2D eigenvalue weighted by Crippen LogP contribution is -2.20. The number of rotatable bonds is 2. The summed E-state index contributed by atoms with van der Waals surface area (Å²) in [6, 6.07) is 0. The van der Waals surface area contributed by atoms with Gasteiger partial charge in [-0.15, -0.1) is 0 Å². The van der Waals surface area contributed by atoms with Crippen LogP contribution in [0.25, 0.3) is 11.1 Å². The van der Waals surface area contributed by atoms with Crippen LogP contribution in [0.1, 0.15) is 5.56 Å². The van der Waals surface area contributed by atoms with E-state index in [0.29, 0.717) is 0 Å². The van der Waals surface area contributed by atoms with Gasteiger partial charge in [-0.05, 0) is 12.4 Å². The predicted molar refractivity (Wildman–Crippen MR) is 71.1 cm³/mol. The van der Waals surface area contributed by atoms with Crippen LogP contribution in [0.4, 0.5) is 30.7 Å². The Balaban J connectivity index is 3.03. The molecule has 1 nitrogen and oxygen atoms in total. The molecule has 122 valence electrons. The Kier molecular flexibility index (Phi) is 4.32. The van der Waals surface area contributed by atoms with Gasteiger partial charge in [-0.1, -0.05) is 0 Å². The minimum absolute atomic E-state index is 0.754. The molecule has 0 saturated carbocycles. The molecular weight excluding hydrogens is 328 g/mol. The number of benzene rings is 2. The van der Waals surface area contributed by atoms with Crippen LogP contribution >= 0.6 is 0 Å². The quantitative estimate of drug-likeness (QED) is 0.466. The molecule has 0 aliphatic heterocycles. The molecule has 0 saturated heterocycles. The maximum absolute atomic E-state index is 14.2. The molecule has 2 aromatic carbocycles. The van der Waals surface area contributed by atoms with Crippen molar-refractivity contribution in [3.05, 3.63) is 46.3 Å². The number of halogens is 7. The highest BCUT2D eigenvalue weighted by Crippen LogP contribution is 2.38. The molecule has 9 heteroatoms. The SMILES string of the molecule is Bc1c(F)c(OC)c(F)c(-c2c(F)c(F)c(C)c(F)c2F)c1F. The summed E-state index contributed by atoms with van der Waals surface area (Å²) in [6.07, 6.45) is 0. The molecule has 0 heterocycles. The third-order valence-corrected chi connectivity index (χ3v) is 3.43. The van der Waals surface area contributed by atoms with E-state index in [-0.39, 0.29) is 0 Å². The Morgan fingerprint density at radius 2 is 1.09 bits per heavy atom. The van der Waals surface area contributed by atoms with Gasteiger partial charge in [0.1, 0.15) is 13.7 Å². The minimum Gasteiger partial charge on any atom is -0.491 e. The van der Waals surface area contributed by atoms with Crippen molar-refractivity contribution in [2.24, 2.45) is 0 Å². The van der Waals surface area contributed by atoms with E-state index in [1.165, 1.54) is 0 Å². The maximum Gasteiger partial charge on any atom is 0.190 e. The topological polar surface area (TPSA) is 9.23 Å². The summed E-state index contributed by atoms with van der Waals surface area (Å²) >= 11 is 0. The Morgan fingerprint density at radius 3 is 1.52 bits per heavy atom. The molecule has 0 radical (unpaired) electrons. The summed E-state index contributed by atoms with van der Waals surface area (Å²) in [5, 5.41) is 0. The maximum atomic E-state index is 14.2. The third-order valence-electron chi connectivity index (χ3n) is 3.43. The first-order valence-corrected chi connectivity index (χ1v) is 6.19. The van der Waals surface area contributed by atoms with Crippen molar-refractivity contribution >= 4 is 13.3 Å². The van der Waals surface area contributed by atoms with Gasteiger partial charge in [-0.3, -0.25) is 0 Å². The fourth-order valence-electron chi connectivity index (χ4n) is 2.12. The van der Waals surface area contributed by atoms with Gasteiger partial charge in [-0.25, -0.2) is 30.7 Å². The van der Waals surface area contributed by atoms with Crippen molar-refractivity contribution < 1.29 is 35.5 Å². The normalized spacial score (nSPS) is 11.0. The number of ether oxygens (including phenoxy) is 1. The largest absolute Gasteiger partial charge is 0.491 e. The zero-order valence-electron chi connectivity index (χ0n) is 12.1. The molecule has 0 aliphatic rings. The molecule has 0 atom stereocenters. The molecule has 0 unspecified atom stereocenters. The highest BCUT2D eigenvalue weighted by molar-refractivity contribution is 6.33. The molecule has 23 heavy (non-hydrogen) atoms. The second-order valence-electron chi connectivity index (χ2n) is 4.73. The van der Waals surface area contributed by atoms with Crippen LogP contribution in [0.2, 0.25) is 0 Å². The summed E-state index contributed by atoms with van der Waals surface area (Å²) in [6.45, 7) is 0.754. The fourth-order valence-corrected chi connectivity index (χ4v) is 2.12. The van der Waals surface area contributed by atoms with Crippen molar-refractivity contribution in [1.82, 2.24) is 0 Å². The van der Waals surface area contributed by atoms with E-state index in [4.69, 9.17) is 0 Å². The van der Waals surface area contributed by atoms with Crippen LogP contribution in [0.5, 0.6) is 5.75 Å². The standard InChI is InChI=1S/C14H8BF7O/c1-3-7(16)10(19)5(11(20)8(3)17)4-9(18)6(15)13(22)14(23-2)12(4)21/h15H2,1-2H3. The molecule has 2 rings (SSSR count).